The number of para-hydroxylation sites is 1. The van der Waals surface area contributed by atoms with Crippen LogP contribution in [0, 0.1) is 12.8 Å². The molecule has 0 fully saturated rings. The molecule has 9 heteroatoms. The standard InChI is InChI=1S/C23H26ClN5O2S/c1-14(2)20(26-22(31)16-9-11-17(24)12-10-16)21-27-28-23(29(21)4)32-13-19(30)25-18-8-6-5-7-15(18)3/h5-12,14,20H,13H2,1-4H3,(H,25,30)(H,26,31)/t20-/m0/s1. The molecule has 3 aromatic rings. The number of nitrogens with one attached hydrogen (secondary N) is 2. The molecule has 0 aliphatic heterocycles. The molecule has 3 rings (SSSR count). The SMILES string of the molecule is Cc1ccccc1NC(=O)CSc1nnc([C@@H](NC(=O)c2ccc(Cl)cc2)C(C)C)n1C. The summed E-state index contributed by atoms with van der Waals surface area (Å²) in [6, 6.07) is 14.0. The Bertz CT molecular complexity index is 1100. The molecule has 0 bridgehead atoms. The molecule has 1 atom stereocenters. The summed E-state index contributed by atoms with van der Waals surface area (Å²) in [6.45, 7) is 5.95. The normalized spacial score (nSPS) is 11.9. The molecule has 32 heavy (non-hydrogen) atoms. The Morgan fingerprint density at radius 1 is 1.09 bits per heavy atom. The number of nitrogens with zero attached hydrogens (tertiary/aromatic N) is 3. The van der Waals surface area contributed by atoms with Crippen LogP contribution in [0.25, 0.3) is 0 Å². The molecule has 7 nitrogen and oxygen atoms in total. The van der Waals surface area contributed by atoms with Crippen molar-refractivity contribution in [2.75, 3.05) is 11.1 Å². The number of anilines is 1. The number of hydrogen-bond acceptors (Lipinski definition) is 5. The number of hydrogen-bond donors (Lipinski definition) is 2. The van der Waals surface area contributed by atoms with Crippen molar-refractivity contribution in [3.8, 4) is 0 Å². The summed E-state index contributed by atoms with van der Waals surface area (Å²) in [4.78, 5) is 25.1. The largest absolute Gasteiger partial charge is 0.342 e. The third-order valence-electron chi connectivity index (χ3n) is 4.96. The summed E-state index contributed by atoms with van der Waals surface area (Å²) < 4.78 is 1.82. The highest BCUT2D eigenvalue weighted by Gasteiger charge is 2.25. The highest BCUT2D eigenvalue weighted by molar-refractivity contribution is 7.99. The van der Waals surface area contributed by atoms with Crippen molar-refractivity contribution < 1.29 is 9.59 Å². The monoisotopic (exact) mass is 471 g/mol. The Morgan fingerprint density at radius 2 is 1.78 bits per heavy atom. The van der Waals surface area contributed by atoms with E-state index in [-0.39, 0.29) is 29.5 Å². The number of amides is 2. The lowest BCUT2D eigenvalue weighted by molar-refractivity contribution is -0.113. The lowest BCUT2D eigenvalue weighted by Gasteiger charge is -2.21. The van der Waals surface area contributed by atoms with E-state index in [2.05, 4.69) is 20.8 Å². The van der Waals surface area contributed by atoms with Gasteiger partial charge in [-0.1, -0.05) is 55.4 Å². The van der Waals surface area contributed by atoms with Gasteiger partial charge in [-0.05, 0) is 48.7 Å². The van der Waals surface area contributed by atoms with Gasteiger partial charge in [0.2, 0.25) is 5.91 Å². The Morgan fingerprint density at radius 3 is 2.44 bits per heavy atom. The number of halogens is 1. The smallest absolute Gasteiger partial charge is 0.251 e. The second kappa shape index (κ2) is 10.7. The zero-order valence-corrected chi connectivity index (χ0v) is 20.0. The molecule has 2 aromatic carbocycles. The summed E-state index contributed by atoms with van der Waals surface area (Å²) in [5.41, 5.74) is 2.31. The second-order valence-electron chi connectivity index (χ2n) is 7.75. The van der Waals surface area contributed by atoms with Crippen LogP contribution in [0.3, 0.4) is 0 Å². The molecule has 0 spiro atoms. The van der Waals surface area contributed by atoms with E-state index >= 15 is 0 Å². The molecule has 0 radical (unpaired) electrons. The molecule has 0 saturated heterocycles. The van der Waals surface area contributed by atoms with Crippen molar-refractivity contribution in [1.29, 1.82) is 0 Å². The maximum atomic E-state index is 12.7. The number of carbonyl (C=O) groups excluding carboxylic acids is 2. The average molecular weight is 472 g/mol. The van der Waals surface area contributed by atoms with Crippen molar-refractivity contribution in [3.05, 3.63) is 70.5 Å². The minimum absolute atomic E-state index is 0.0800. The molecule has 1 heterocycles. The van der Waals surface area contributed by atoms with Crippen LogP contribution < -0.4 is 10.6 Å². The summed E-state index contributed by atoms with van der Waals surface area (Å²) in [7, 11) is 1.83. The molecular weight excluding hydrogens is 446 g/mol. The first-order chi connectivity index (χ1) is 15.3. The van der Waals surface area contributed by atoms with Gasteiger partial charge >= 0.3 is 0 Å². The summed E-state index contributed by atoms with van der Waals surface area (Å²) in [6.07, 6.45) is 0. The highest BCUT2D eigenvalue weighted by atomic mass is 35.5. The van der Waals surface area contributed by atoms with Gasteiger partial charge in [-0.25, -0.2) is 0 Å². The first kappa shape index (κ1) is 23.8. The lowest BCUT2D eigenvalue weighted by Crippen LogP contribution is -2.33. The topological polar surface area (TPSA) is 88.9 Å². The van der Waals surface area contributed by atoms with Crippen LogP contribution in [0.1, 0.15) is 41.6 Å². The third kappa shape index (κ3) is 5.89. The van der Waals surface area contributed by atoms with Crippen molar-refractivity contribution in [2.24, 2.45) is 13.0 Å². The van der Waals surface area contributed by atoms with Crippen molar-refractivity contribution >= 4 is 40.9 Å². The molecule has 1 aromatic heterocycles. The van der Waals surface area contributed by atoms with Crippen LogP contribution in [-0.4, -0.2) is 32.3 Å². The van der Waals surface area contributed by atoms with Gasteiger partial charge in [0.1, 0.15) is 0 Å². The first-order valence-electron chi connectivity index (χ1n) is 10.2. The molecule has 0 aliphatic carbocycles. The van der Waals surface area contributed by atoms with E-state index in [9.17, 15) is 9.59 Å². The van der Waals surface area contributed by atoms with E-state index in [4.69, 9.17) is 11.6 Å². The van der Waals surface area contributed by atoms with Gasteiger partial charge in [0.25, 0.3) is 5.91 Å². The summed E-state index contributed by atoms with van der Waals surface area (Å²) in [5, 5.41) is 15.7. The number of benzene rings is 2. The van der Waals surface area contributed by atoms with Gasteiger partial charge in [0, 0.05) is 23.3 Å². The molecule has 0 unspecified atom stereocenters. The fraction of sp³-hybridized carbons (Fsp3) is 0.304. The van der Waals surface area contributed by atoms with E-state index in [1.54, 1.807) is 24.3 Å². The molecule has 0 aliphatic rings. The number of aromatic nitrogens is 3. The van der Waals surface area contributed by atoms with Crippen LogP contribution in [0.2, 0.25) is 5.02 Å². The van der Waals surface area contributed by atoms with Crippen LogP contribution in [0.15, 0.2) is 53.7 Å². The van der Waals surface area contributed by atoms with E-state index < -0.39 is 0 Å². The molecule has 2 amide bonds. The fourth-order valence-corrected chi connectivity index (χ4v) is 3.95. The quantitative estimate of drug-likeness (QED) is 0.467. The van der Waals surface area contributed by atoms with E-state index in [1.807, 2.05) is 56.7 Å². The molecule has 0 saturated carbocycles. The van der Waals surface area contributed by atoms with Gasteiger partial charge < -0.3 is 15.2 Å². The number of thioether (sulfide) groups is 1. The van der Waals surface area contributed by atoms with Crippen molar-refractivity contribution in [2.45, 2.75) is 32.0 Å². The molecular formula is C23H26ClN5O2S. The van der Waals surface area contributed by atoms with E-state index in [0.717, 1.165) is 11.3 Å². The number of aryl methyl sites for hydroxylation is 1. The summed E-state index contributed by atoms with van der Waals surface area (Å²) in [5.74, 6) is 0.574. The maximum Gasteiger partial charge on any atom is 0.251 e. The fourth-order valence-electron chi connectivity index (χ4n) is 3.11. The molecule has 2 N–H and O–H groups in total. The third-order valence-corrected chi connectivity index (χ3v) is 6.23. The first-order valence-corrected chi connectivity index (χ1v) is 11.6. The predicted molar refractivity (Wildman–Crippen MR) is 128 cm³/mol. The van der Waals surface area contributed by atoms with Gasteiger partial charge in [-0.15, -0.1) is 10.2 Å². The van der Waals surface area contributed by atoms with Gasteiger partial charge in [0.05, 0.1) is 11.8 Å². The Labute approximate surface area is 197 Å². The minimum Gasteiger partial charge on any atom is -0.342 e. The lowest BCUT2D eigenvalue weighted by atomic mass is 10.0. The van der Waals surface area contributed by atoms with Crippen molar-refractivity contribution in [1.82, 2.24) is 20.1 Å². The highest BCUT2D eigenvalue weighted by Crippen LogP contribution is 2.25. The number of rotatable bonds is 8. The Hall–Kier alpha value is -2.84. The van der Waals surface area contributed by atoms with Gasteiger partial charge in [-0.2, -0.15) is 0 Å². The second-order valence-corrected chi connectivity index (χ2v) is 9.13. The Kier molecular flexibility index (Phi) is 7.93. The average Bonchev–Trinajstić information content (AvgIpc) is 3.12. The van der Waals surface area contributed by atoms with Crippen LogP contribution >= 0.6 is 23.4 Å². The van der Waals surface area contributed by atoms with Crippen LogP contribution in [0.5, 0.6) is 0 Å². The predicted octanol–water partition coefficient (Wildman–Crippen LogP) is 4.63. The van der Waals surface area contributed by atoms with Gasteiger partial charge in [-0.3, -0.25) is 9.59 Å². The molecule has 168 valence electrons. The van der Waals surface area contributed by atoms with Crippen LogP contribution in [-0.2, 0) is 11.8 Å². The van der Waals surface area contributed by atoms with E-state index in [0.29, 0.717) is 21.6 Å². The Balaban J connectivity index is 1.67. The van der Waals surface area contributed by atoms with Crippen molar-refractivity contribution in [3.63, 3.8) is 0 Å². The zero-order valence-electron chi connectivity index (χ0n) is 18.4. The van der Waals surface area contributed by atoms with Crippen LogP contribution in [0.4, 0.5) is 5.69 Å². The van der Waals surface area contributed by atoms with E-state index in [1.165, 1.54) is 11.8 Å². The number of carbonyl (C=O) groups is 2. The minimum atomic E-state index is -0.342. The maximum absolute atomic E-state index is 12.7. The zero-order chi connectivity index (χ0) is 23.3. The summed E-state index contributed by atoms with van der Waals surface area (Å²) >= 11 is 7.21. The van der Waals surface area contributed by atoms with Gasteiger partial charge in [0.15, 0.2) is 11.0 Å².